The maximum atomic E-state index is 8.65. The third-order valence-electron chi connectivity index (χ3n) is 3.90. The van der Waals surface area contributed by atoms with Crippen LogP contribution >= 0.6 is 0 Å². The minimum absolute atomic E-state index is 0.797. The van der Waals surface area contributed by atoms with E-state index < -0.39 is 0 Å². The summed E-state index contributed by atoms with van der Waals surface area (Å²) in [4.78, 5) is 8.63. The lowest BCUT2D eigenvalue weighted by Gasteiger charge is -2.06. The molecule has 5 heteroatoms. The van der Waals surface area contributed by atoms with Gasteiger partial charge in [0.2, 0.25) is 0 Å². The van der Waals surface area contributed by atoms with Gasteiger partial charge in [-0.05, 0) is 29.8 Å². The molecule has 0 bridgehead atoms. The fraction of sp³-hybridized carbons (Fsp3) is 0. The van der Waals surface area contributed by atoms with Crippen LogP contribution in [0.25, 0.3) is 28.0 Å². The summed E-state index contributed by atoms with van der Waals surface area (Å²) >= 11 is 0. The molecule has 3 aromatic heterocycles. The van der Waals surface area contributed by atoms with E-state index in [4.69, 9.17) is 5.21 Å². The van der Waals surface area contributed by atoms with Crippen LogP contribution in [0.15, 0.2) is 78.5 Å². The average Bonchev–Trinajstić information content (AvgIpc) is 3.06. The molecule has 0 fully saturated rings. The summed E-state index contributed by atoms with van der Waals surface area (Å²) in [5, 5.41) is 11.7. The lowest BCUT2D eigenvalue weighted by Crippen LogP contribution is -1.91. The van der Waals surface area contributed by atoms with Gasteiger partial charge < -0.3 is 5.21 Å². The van der Waals surface area contributed by atoms with E-state index in [9.17, 15) is 0 Å². The Morgan fingerprint density at radius 1 is 0.958 bits per heavy atom. The van der Waals surface area contributed by atoms with Gasteiger partial charge in [0, 0.05) is 35.3 Å². The van der Waals surface area contributed by atoms with Gasteiger partial charge in [0.1, 0.15) is 5.65 Å². The van der Waals surface area contributed by atoms with Crippen LogP contribution in [0.4, 0.5) is 0 Å². The van der Waals surface area contributed by atoms with Crippen molar-refractivity contribution in [1.82, 2.24) is 14.4 Å². The van der Waals surface area contributed by atoms with E-state index in [2.05, 4.69) is 33.3 Å². The van der Waals surface area contributed by atoms with Crippen molar-refractivity contribution in [1.29, 1.82) is 0 Å². The fourth-order valence-electron chi connectivity index (χ4n) is 2.75. The molecule has 4 aromatic rings. The SMILES string of the molecule is ON=Cc1ccn2c(-c3cccc(-c4cccnc4)c3)cnc2c1. The Morgan fingerprint density at radius 2 is 1.83 bits per heavy atom. The van der Waals surface area contributed by atoms with Crippen LogP contribution in [0.2, 0.25) is 0 Å². The Morgan fingerprint density at radius 3 is 2.67 bits per heavy atom. The van der Waals surface area contributed by atoms with Gasteiger partial charge in [0.05, 0.1) is 18.1 Å². The van der Waals surface area contributed by atoms with E-state index in [-0.39, 0.29) is 0 Å². The molecule has 0 saturated carbocycles. The minimum atomic E-state index is 0.797. The molecule has 0 amide bonds. The molecule has 4 rings (SSSR count). The third kappa shape index (κ3) is 2.52. The van der Waals surface area contributed by atoms with E-state index in [1.807, 2.05) is 53.3 Å². The molecule has 0 aliphatic carbocycles. The highest BCUT2D eigenvalue weighted by Gasteiger charge is 2.07. The minimum Gasteiger partial charge on any atom is -0.411 e. The van der Waals surface area contributed by atoms with Crippen molar-refractivity contribution in [3.05, 3.63) is 78.9 Å². The zero-order valence-corrected chi connectivity index (χ0v) is 12.7. The van der Waals surface area contributed by atoms with E-state index in [1.54, 1.807) is 6.20 Å². The van der Waals surface area contributed by atoms with Crippen LogP contribution in [0.5, 0.6) is 0 Å². The summed E-state index contributed by atoms with van der Waals surface area (Å²) in [5.41, 5.74) is 5.87. The van der Waals surface area contributed by atoms with Crippen LogP contribution in [-0.2, 0) is 0 Å². The number of pyridine rings is 2. The van der Waals surface area contributed by atoms with E-state index in [0.29, 0.717) is 0 Å². The zero-order valence-electron chi connectivity index (χ0n) is 12.7. The van der Waals surface area contributed by atoms with Crippen molar-refractivity contribution in [2.45, 2.75) is 0 Å². The Bertz CT molecular complexity index is 1020. The number of benzene rings is 1. The van der Waals surface area contributed by atoms with Gasteiger partial charge in [0.25, 0.3) is 0 Å². The van der Waals surface area contributed by atoms with Crippen molar-refractivity contribution >= 4 is 11.9 Å². The van der Waals surface area contributed by atoms with Crippen molar-refractivity contribution in [2.75, 3.05) is 0 Å². The van der Waals surface area contributed by atoms with E-state index in [1.165, 1.54) is 6.21 Å². The number of hydrogen-bond donors (Lipinski definition) is 1. The number of rotatable bonds is 3. The molecule has 0 aliphatic heterocycles. The second-order valence-electron chi connectivity index (χ2n) is 5.40. The smallest absolute Gasteiger partial charge is 0.137 e. The van der Waals surface area contributed by atoms with Gasteiger partial charge in [-0.3, -0.25) is 9.38 Å². The summed E-state index contributed by atoms with van der Waals surface area (Å²) in [6.07, 6.45) is 8.78. The van der Waals surface area contributed by atoms with Gasteiger partial charge in [-0.1, -0.05) is 29.4 Å². The highest BCUT2D eigenvalue weighted by Crippen LogP contribution is 2.26. The molecule has 0 unspecified atom stereocenters. The number of fused-ring (bicyclic) bond motifs is 1. The first-order valence-corrected chi connectivity index (χ1v) is 7.50. The number of aromatic nitrogens is 3. The molecular weight excluding hydrogens is 300 g/mol. The Hall–Kier alpha value is -3.47. The highest BCUT2D eigenvalue weighted by atomic mass is 16.4. The molecule has 24 heavy (non-hydrogen) atoms. The van der Waals surface area contributed by atoms with Gasteiger partial charge in [-0.15, -0.1) is 0 Å². The van der Waals surface area contributed by atoms with Crippen molar-refractivity contribution < 1.29 is 5.21 Å². The van der Waals surface area contributed by atoms with Gasteiger partial charge in [0.15, 0.2) is 0 Å². The monoisotopic (exact) mass is 314 g/mol. The first kappa shape index (κ1) is 14.1. The third-order valence-corrected chi connectivity index (χ3v) is 3.90. The molecule has 0 atom stereocenters. The summed E-state index contributed by atoms with van der Waals surface area (Å²) in [6, 6.07) is 16.0. The second kappa shape index (κ2) is 5.96. The summed E-state index contributed by atoms with van der Waals surface area (Å²) in [6.45, 7) is 0. The molecule has 0 radical (unpaired) electrons. The number of imidazole rings is 1. The molecule has 0 saturated heterocycles. The molecule has 5 nitrogen and oxygen atoms in total. The summed E-state index contributed by atoms with van der Waals surface area (Å²) in [7, 11) is 0. The van der Waals surface area contributed by atoms with Crippen LogP contribution < -0.4 is 0 Å². The maximum Gasteiger partial charge on any atom is 0.137 e. The number of hydrogen-bond acceptors (Lipinski definition) is 4. The summed E-state index contributed by atoms with van der Waals surface area (Å²) < 4.78 is 2.01. The molecule has 0 aliphatic rings. The standard InChI is InChI=1S/C19H14N4O/c24-22-11-14-6-8-23-18(13-21-19(23)9-14)16-4-1-3-15(10-16)17-5-2-7-20-12-17/h1-13,24H. The molecule has 116 valence electrons. The molecule has 1 N–H and O–H groups in total. The van der Waals surface area contributed by atoms with Crippen LogP contribution in [-0.4, -0.2) is 25.8 Å². The zero-order chi connectivity index (χ0) is 16.4. The van der Waals surface area contributed by atoms with Crippen LogP contribution in [0.3, 0.4) is 0 Å². The predicted molar refractivity (Wildman–Crippen MR) is 93.2 cm³/mol. The normalized spacial score (nSPS) is 11.3. The first-order chi connectivity index (χ1) is 11.8. The topological polar surface area (TPSA) is 62.8 Å². The average molecular weight is 314 g/mol. The molecular formula is C19H14N4O. The van der Waals surface area contributed by atoms with Gasteiger partial charge in [-0.2, -0.15) is 0 Å². The lowest BCUT2D eigenvalue weighted by atomic mass is 10.0. The largest absolute Gasteiger partial charge is 0.411 e. The molecule has 0 spiro atoms. The first-order valence-electron chi connectivity index (χ1n) is 7.50. The Labute approximate surface area is 138 Å². The maximum absolute atomic E-state index is 8.65. The number of oxime groups is 1. The van der Waals surface area contributed by atoms with Gasteiger partial charge >= 0.3 is 0 Å². The lowest BCUT2D eigenvalue weighted by molar-refractivity contribution is 0.322. The van der Waals surface area contributed by atoms with Crippen molar-refractivity contribution in [3.8, 4) is 22.4 Å². The van der Waals surface area contributed by atoms with E-state index in [0.717, 1.165) is 33.6 Å². The Kier molecular flexibility index (Phi) is 3.51. The van der Waals surface area contributed by atoms with Crippen molar-refractivity contribution in [2.24, 2.45) is 5.16 Å². The Balaban J connectivity index is 1.80. The quantitative estimate of drug-likeness (QED) is 0.355. The van der Waals surface area contributed by atoms with Crippen LogP contribution in [0.1, 0.15) is 5.56 Å². The summed E-state index contributed by atoms with van der Waals surface area (Å²) in [5.74, 6) is 0. The molecule has 1 aromatic carbocycles. The number of nitrogens with zero attached hydrogens (tertiary/aromatic N) is 4. The molecule has 3 heterocycles. The van der Waals surface area contributed by atoms with Crippen molar-refractivity contribution in [3.63, 3.8) is 0 Å². The fourth-order valence-corrected chi connectivity index (χ4v) is 2.75. The predicted octanol–water partition coefficient (Wildman–Crippen LogP) is 3.87. The van der Waals surface area contributed by atoms with E-state index >= 15 is 0 Å². The van der Waals surface area contributed by atoms with Gasteiger partial charge in [-0.25, -0.2) is 4.98 Å². The van der Waals surface area contributed by atoms with Crippen LogP contribution in [0, 0.1) is 0 Å². The second-order valence-corrected chi connectivity index (χ2v) is 5.40. The highest BCUT2D eigenvalue weighted by molar-refractivity contribution is 5.81.